The van der Waals surface area contributed by atoms with Crippen LogP contribution in [0, 0.1) is 5.82 Å². The van der Waals surface area contributed by atoms with Crippen LogP contribution in [0.3, 0.4) is 0 Å². The predicted molar refractivity (Wildman–Crippen MR) is 102 cm³/mol. The number of Topliss-reactive ketones (excluding diaryl/α,β-unsaturated/α-hetero) is 1. The zero-order valence-electron chi connectivity index (χ0n) is 14.3. The maximum Gasteiger partial charge on any atom is 0.224 e. The lowest BCUT2D eigenvalue weighted by atomic mass is 9.99. The second kappa shape index (κ2) is 7.36. The number of ketones is 1. The summed E-state index contributed by atoms with van der Waals surface area (Å²) in [5.41, 5.74) is 4.00. The number of H-pyrrole nitrogens is 1. The van der Waals surface area contributed by atoms with Gasteiger partial charge in [0.15, 0.2) is 10.9 Å². The van der Waals surface area contributed by atoms with Gasteiger partial charge in [-0.2, -0.15) is 0 Å². The van der Waals surface area contributed by atoms with Crippen molar-refractivity contribution in [2.45, 2.75) is 18.0 Å². The van der Waals surface area contributed by atoms with E-state index in [4.69, 9.17) is 0 Å². The van der Waals surface area contributed by atoms with Crippen molar-refractivity contribution >= 4 is 29.1 Å². The van der Waals surface area contributed by atoms with Gasteiger partial charge in [0.1, 0.15) is 5.82 Å². The number of benzene rings is 2. The molecule has 1 aliphatic rings. The Kier molecular flexibility index (Phi) is 4.77. The molecule has 4 rings (SSSR count). The summed E-state index contributed by atoms with van der Waals surface area (Å²) in [6, 6.07) is 11.5. The van der Waals surface area contributed by atoms with Crippen LogP contribution in [-0.4, -0.2) is 27.4 Å². The third-order valence-corrected chi connectivity index (χ3v) is 5.26. The van der Waals surface area contributed by atoms with Crippen molar-refractivity contribution in [1.82, 2.24) is 9.97 Å². The molecule has 0 aliphatic carbocycles. The van der Waals surface area contributed by atoms with E-state index in [0.717, 1.165) is 22.5 Å². The number of aromatic amines is 1. The molecule has 3 aromatic rings. The first-order valence-corrected chi connectivity index (χ1v) is 9.47. The fourth-order valence-corrected chi connectivity index (χ4v) is 3.67. The molecule has 2 N–H and O–H groups in total. The van der Waals surface area contributed by atoms with E-state index < -0.39 is 0 Å². The van der Waals surface area contributed by atoms with Crippen molar-refractivity contribution in [1.29, 1.82) is 0 Å². The largest absolute Gasteiger partial charge is 0.333 e. The number of carbonyl (C=O) groups excluding carboxylic acids is 2. The molecule has 1 amide bonds. The molecule has 0 fully saturated rings. The summed E-state index contributed by atoms with van der Waals surface area (Å²) in [6.45, 7) is 0. The van der Waals surface area contributed by atoms with Crippen LogP contribution in [0.4, 0.5) is 10.1 Å². The Bertz CT molecular complexity index is 1010. The summed E-state index contributed by atoms with van der Waals surface area (Å²) in [6.07, 6.45) is 2.76. The molecule has 1 aromatic heterocycles. The number of thioether (sulfide) groups is 1. The lowest BCUT2D eigenvalue weighted by molar-refractivity contribution is -0.116. The Morgan fingerprint density at radius 1 is 1.15 bits per heavy atom. The van der Waals surface area contributed by atoms with Gasteiger partial charge in [0.25, 0.3) is 0 Å². The van der Waals surface area contributed by atoms with Crippen molar-refractivity contribution in [2.75, 3.05) is 11.1 Å². The first-order chi connectivity index (χ1) is 13.1. The highest BCUT2D eigenvalue weighted by Gasteiger charge is 2.17. The minimum Gasteiger partial charge on any atom is -0.333 e. The van der Waals surface area contributed by atoms with Crippen LogP contribution in [0.15, 0.2) is 53.8 Å². The highest BCUT2D eigenvalue weighted by Crippen LogP contribution is 2.26. The van der Waals surface area contributed by atoms with Gasteiger partial charge in [0, 0.05) is 17.7 Å². The van der Waals surface area contributed by atoms with Crippen LogP contribution < -0.4 is 5.32 Å². The molecule has 0 saturated carbocycles. The maximum atomic E-state index is 13.0. The first-order valence-electron chi connectivity index (χ1n) is 8.48. The second-order valence-electron chi connectivity index (χ2n) is 6.24. The molecular formula is C20H16FN3O2S. The zero-order chi connectivity index (χ0) is 18.8. The second-order valence-corrected chi connectivity index (χ2v) is 7.20. The molecule has 1 aliphatic heterocycles. The van der Waals surface area contributed by atoms with E-state index in [-0.39, 0.29) is 23.3 Å². The Morgan fingerprint density at radius 2 is 1.96 bits per heavy atom. The van der Waals surface area contributed by atoms with E-state index in [2.05, 4.69) is 15.3 Å². The Balaban J connectivity index is 1.41. The molecule has 0 saturated heterocycles. The smallest absolute Gasteiger partial charge is 0.224 e. The van der Waals surface area contributed by atoms with Gasteiger partial charge in [-0.15, -0.1) is 0 Å². The number of aryl methyl sites for hydroxylation is 1. The number of hydrogen-bond donors (Lipinski definition) is 2. The molecule has 0 radical (unpaired) electrons. The topological polar surface area (TPSA) is 74.8 Å². The van der Waals surface area contributed by atoms with E-state index in [0.29, 0.717) is 23.6 Å². The lowest BCUT2D eigenvalue weighted by Gasteiger charge is -2.17. The number of amides is 1. The summed E-state index contributed by atoms with van der Waals surface area (Å²) in [5, 5.41) is 3.44. The zero-order valence-corrected chi connectivity index (χ0v) is 15.1. The third kappa shape index (κ3) is 3.93. The molecule has 2 aromatic carbocycles. The van der Waals surface area contributed by atoms with Crippen molar-refractivity contribution < 1.29 is 14.0 Å². The monoisotopic (exact) mass is 381 g/mol. The molecule has 27 heavy (non-hydrogen) atoms. The van der Waals surface area contributed by atoms with Gasteiger partial charge in [0.05, 0.1) is 17.6 Å². The molecular weight excluding hydrogens is 365 g/mol. The van der Waals surface area contributed by atoms with Crippen LogP contribution in [0.5, 0.6) is 0 Å². The SMILES string of the molecule is O=C1CCc2cc(C(=O)CSc3ncc(-c4ccc(F)cc4)[nH]3)ccc2N1. The molecule has 0 atom stereocenters. The lowest BCUT2D eigenvalue weighted by Crippen LogP contribution is -2.19. The number of rotatable bonds is 5. The van der Waals surface area contributed by atoms with E-state index >= 15 is 0 Å². The minimum atomic E-state index is -0.289. The molecule has 0 bridgehead atoms. The number of fused-ring (bicyclic) bond motifs is 1. The highest BCUT2D eigenvalue weighted by molar-refractivity contribution is 7.99. The number of aromatic nitrogens is 2. The number of nitrogens with one attached hydrogen (secondary N) is 2. The van der Waals surface area contributed by atoms with Gasteiger partial charge in [-0.1, -0.05) is 11.8 Å². The molecule has 2 heterocycles. The van der Waals surface area contributed by atoms with E-state index in [1.807, 2.05) is 6.07 Å². The molecule has 136 valence electrons. The van der Waals surface area contributed by atoms with Crippen LogP contribution in [0.25, 0.3) is 11.3 Å². The van der Waals surface area contributed by atoms with Crippen molar-refractivity contribution in [3.05, 3.63) is 65.6 Å². The van der Waals surface area contributed by atoms with Crippen LogP contribution in [0.2, 0.25) is 0 Å². The summed E-state index contributed by atoms with van der Waals surface area (Å²) in [7, 11) is 0. The number of nitrogens with zero attached hydrogens (tertiary/aromatic N) is 1. The fourth-order valence-electron chi connectivity index (χ4n) is 2.93. The first kappa shape index (κ1) is 17.5. The van der Waals surface area contributed by atoms with Crippen LogP contribution in [-0.2, 0) is 11.2 Å². The molecule has 7 heteroatoms. The average molecular weight is 381 g/mol. The summed E-state index contributed by atoms with van der Waals surface area (Å²) in [5.74, 6) is -0.0314. The summed E-state index contributed by atoms with van der Waals surface area (Å²) < 4.78 is 13.0. The van der Waals surface area contributed by atoms with Gasteiger partial charge >= 0.3 is 0 Å². The van der Waals surface area contributed by atoms with E-state index in [1.54, 1.807) is 30.5 Å². The van der Waals surface area contributed by atoms with Gasteiger partial charge in [0.2, 0.25) is 5.91 Å². The normalized spacial score (nSPS) is 13.1. The summed E-state index contributed by atoms with van der Waals surface area (Å²) >= 11 is 1.32. The number of halogens is 1. The Hall–Kier alpha value is -2.93. The van der Waals surface area contributed by atoms with E-state index in [9.17, 15) is 14.0 Å². The van der Waals surface area contributed by atoms with Gasteiger partial charge in [-0.05, 0) is 60.0 Å². The van der Waals surface area contributed by atoms with Crippen LogP contribution in [0.1, 0.15) is 22.3 Å². The minimum absolute atomic E-state index is 0.000526. The molecule has 0 spiro atoms. The van der Waals surface area contributed by atoms with Gasteiger partial charge in [-0.25, -0.2) is 9.37 Å². The van der Waals surface area contributed by atoms with Gasteiger partial charge in [-0.3, -0.25) is 9.59 Å². The third-order valence-electron chi connectivity index (χ3n) is 4.37. The molecule has 5 nitrogen and oxygen atoms in total. The number of carbonyl (C=O) groups is 2. The van der Waals surface area contributed by atoms with Crippen molar-refractivity contribution in [2.24, 2.45) is 0 Å². The average Bonchev–Trinajstić information content (AvgIpc) is 3.15. The van der Waals surface area contributed by atoms with Crippen molar-refractivity contribution in [3.8, 4) is 11.3 Å². The predicted octanol–water partition coefficient (Wildman–Crippen LogP) is 4.08. The standard InChI is InChI=1S/C20H16FN3O2S/c21-15-5-1-12(2-6-15)17-10-22-20(24-17)27-11-18(25)14-3-7-16-13(9-14)4-8-19(26)23-16/h1-3,5-7,9-10H,4,8,11H2,(H,22,24)(H,23,26). The summed E-state index contributed by atoms with van der Waals surface area (Å²) in [4.78, 5) is 31.3. The number of anilines is 1. The molecule has 0 unspecified atom stereocenters. The highest BCUT2D eigenvalue weighted by atomic mass is 32.2. The van der Waals surface area contributed by atoms with Crippen molar-refractivity contribution in [3.63, 3.8) is 0 Å². The maximum absolute atomic E-state index is 13.0. The number of imidazole rings is 1. The fraction of sp³-hybridized carbons (Fsp3) is 0.150. The van der Waals surface area contributed by atoms with Crippen LogP contribution >= 0.6 is 11.8 Å². The van der Waals surface area contributed by atoms with E-state index in [1.165, 1.54) is 23.9 Å². The van der Waals surface area contributed by atoms with Gasteiger partial charge < -0.3 is 10.3 Å². The Morgan fingerprint density at radius 3 is 2.78 bits per heavy atom. The quantitative estimate of drug-likeness (QED) is 0.516. The number of hydrogen-bond acceptors (Lipinski definition) is 4. The Labute approximate surface area is 159 Å².